The van der Waals surface area contributed by atoms with Gasteiger partial charge in [0.25, 0.3) is 6.29 Å². The van der Waals surface area contributed by atoms with Gasteiger partial charge in [-0.2, -0.15) is 0 Å². The van der Waals surface area contributed by atoms with Crippen molar-refractivity contribution in [2.24, 2.45) is 0 Å². The van der Waals surface area contributed by atoms with E-state index in [0.717, 1.165) is 0 Å². The summed E-state index contributed by atoms with van der Waals surface area (Å²) in [5.41, 5.74) is -0.615. The third-order valence-electron chi connectivity index (χ3n) is 5.13. The van der Waals surface area contributed by atoms with Crippen LogP contribution in [0.3, 0.4) is 0 Å². The molecule has 1 unspecified atom stereocenters. The maximum atomic E-state index is 13.0. The van der Waals surface area contributed by atoms with Crippen molar-refractivity contribution >= 4 is 22.9 Å². The molecule has 0 bridgehead atoms. The topological polar surface area (TPSA) is 122 Å². The quantitative estimate of drug-likeness (QED) is 0.254. The number of hydrogen-bond donors (Lipinski definition) is 0. The van der Waals surface area contributed by atoms with Crippen LogP contribution in [0.1, 0.15) is 25.7 Å². The fourth-order valence-corrected chi connectivity index (χ4v) is 3.74. The molecule has 170 valence electrons. The summed E-state index contributed by atoms with van der Waals surface area (Å²) in [6.45, 7) is 2.45. The third kappa shape index (κ3) is 3.73. The van der Waals surface area contributed by atoms with E-state index < -0.39 is 29.5 Å². The van der Waals surface area contributed by atoms with Gasteiger partial charge in [0.15, 0.2) is 5.76 Å². The first-order chi connectivity index (χ1) is 16.3. The molecule has 0 saturated heterocycles. The van der Waals surface area contributed by atoms with Gasteiger partial charge in [-0.05, 0) is 30.3 Å². The van der Waals surface area contributed by atoms with E-state index in [2.05, 4.69) is 0 Å². The van der Waals surface area contributed by atoms with Gasteiger partial charge in [0.2, 0.25) is 0 Å². The Labute approximate surface area is 191 Å². The highest BCUT2D eigenvalue weighted by Crippen LogP contribution is 2.44. The van der Waals surface area contributed by atoms with E-state index in [1.807, 2.05) is 0 Å². The number of benzene rings is 2. The molecule has 5 rings (SSSR count). The van der Waals surface area contributed by atoms with Gasteiger partial charge in [0.05, 0.1) is 22.3 Å². The Balaban J connectivity index is 1.70. The lowest BCUT2D eigenvalue weighted by Gasteiger charge is -2.27. The van der Waals surface area contributed by atoms with Crippen molar-refractivity contribution in [2.75, 3.05) is 0 Å². The van der Waals surface area contributed by atoms with Crippen LogP contribution in [-0.2, 0) is 14.3 Å². The van der Waals surface area contributed by atoms with Crippen LogP contribution in [0, 0.1) is 0 Å². The second-order valence-corrected chi connectivity index (χ2v) is 7.53. The van der Waals surface area contributed by atoms with E-state index in [1.165, 1.54) is 38.1 Å². The zero-order chi connectivity index (χ0) is 24.0. The summed E-state index contributed by atoms with van der Waals surface area (Å²) >= 11 is 0. The molecule has 2 aromatic carbocycles. The lowest BCUT2D eigenvalue weighted by atomic mass is 9.99. The van der Waals surface area contributed by atoms with Gasteiger partial charge in [-0.25, -0.2) is 9.59 Å². The zero-order valence-electron chi connectivity index (χ0n) is 17.9. The Morgan fingerprint density at radius 1 is 0.824 bits per heavy atom. The first kappa shape index (κ1) is 21.2. The lowest BCUT2D eigenvalue weighted by Crippen LogP contribution is -2.22. The van der Waals surface area contributed by atoms with Crippen molar-refractivity contribution in [3.05, 3.63) is 81.0 Å². The standard InChI is InChI=1S/C25H16O9/c1-12(26)30-15-7-8-16-21(10-15)33-25(31-13(2)27)19-11-18(24(29)34-22(16)19)17-9-14-5-3-4-6-20(14)32-23(17)28/h3-11,25H,1-2H3. The minimum absolute atomic E-state index is 0.00664. The molecule has 0 spiro atoms. The maximum absolute atomic E-state index is 13.0. The Hall–Kier alpha value is -4.66. The summed E-state index contributed by atoms with van der Waals surface area (Å²) in [6, 6.07) is 14.3. The molecule has 9 heteroatoms. The van der Waals surface area contributed by atoms with Crippen molar-refractivity contribution in [1.82, 2.24) is 0 Å². The van der Waals surface area contributed by atoms with E-state index in [0.29, 0.717) is 16.5 Å². The number of ether oxygens (including phenoxy) is 3. The van der Waals surface area contributed by atoms with Crippen molar-refractivity contribution in [3.8, 4) is 33.9 Å². The van der Waals surface area contributed by atoms with Gasteiger partial charge in [0, 0.05) is 25.3 Å². The number of carbonyl (C=O) groups is 2. The predicted octanol–water partition coefficient (Wildman–Crippen LogP) is 3.96. The van der Waals surface area contributed by atoms with E-state index in [1.54, 1.807) is 30.3 Å². The van der Waals surface area contributed by atoms with Gasteiger partial charge in [0.1, 0.15) is 17.1 Å². The molecule has 0 radical (unpaired) electrons. The van der Waals surface area contributed by atoms with Crippen LogP contribution in [0.15, 0.2) is 73.0 Å². The van der Waals surface area contributed by atoms with Crippen LogP contribution in [0.2, 0.25) is 0 Å². The van der Waals surface area contributed by atoms with Crippen molar-refractivity contribution in [1.29, 1.82) is 0 Å². The molecular formula is C25H16O9. The molecule has 0 aliphatic carbocycles. The highest BCUT2D eigenvalue weighted by molar-refractivity contribution is 5.82. The van der Waals surface area contributed by atoms with E-state index >= 15 is 0 Å². The van der Waals surface area contributed by atoms with Crippen molar-refractivity contribution in [2.45, 2.75) is 20.1 Å². The fraction of sp³-hybridized carbons (Fsp3) is 0.120. The van der Waals surface area contributed by atoms with Gasteiger partial charge >= 0.3 is 23.2 Å². The summed E-state index contributed by atoms with van der Waals surface area (Å²) in [5, 5.41) is 0.616. The molecule has 1 atom stereocenters. The summed E-state index contributed by atoms with van der Waals surface area (Å²) in [4.78, 5) is 48.6. The second-order valence-electron chi connectivity index (χ2n) is 7.53. The molecule has 0 N–H and O–H groups in total. The average molecular weight is 460 g/mol. The Kier molecular flexibility index (Phi) is 5.01. The van der Waals surface area contributed by atoms with Crippen LogP contribution in [0.5, 0.6) is 11.5 Å². The molecule has 3 heterocycles. The number of para-hydroxylation sites is 1. The minimum Gasteiger partial charge on any atom is -0.449 e. The fourth-order valence-electron chi connectivity index (χ4n) is 3.74. The first-order valence-corrected chi connectivity index (χ1v) is 10.2. The van der Waals surface area contributed by atoms with Crippen LogP contribution < -0.4 is 20.7 Å². The maximum Gasteiger partial charge on any atom is 0.344 e. The normalized spacial score (nSPS) is 14.0. The average Bonchev–Trinajstić information content (AvgIpc) is 2.77. The molecule has 4 aromatic rings. The Morgan fingerprint density at radius 2 is 1.56 bits per heavy atom. The number of hydrogen-bond acceptors (Lipinski definition) is 9. The molecule has 2 aromatic heterocycles. The van der Waals surface area contributed by atoms with Crippen LogP contribution >= 0.6 is 0 Å². The van der Waals surface area contributed by atoms with Crippen LogP contribution in [0.25, 0.3) is 33.4 Å². The Bertz CT molecular complexity index is 1590. The lowest BCUT2D eigenvalue weighted by molar-refractivity contribution is -0.162. The number of rotatable bonds is 3. The van der Waals surface area contributed by atoms with Gasteiger partial charge in [-0.3, -0.25) is 9.59 Å². The van der Waals surface area contributed by atoms with Gasteiger partial charge in [-0.1, -0.05) is 18.2 Å². The summed E-state index contributed by atoms with van der Waals surface area (Å²) in [7, 11) is 0. The molecule has 1 aliphatic heterocycles. The zero-order valence-corrected chi connectivity index (χ0v) is 17.9. The van der Waals surface area contributed by atoms with E-state index in [-0.39, 0.29) is 33.9 Å². The SMILES string of the molecule is CC(=O)Oc1ccc2c(c1)OC(OC(C)=O)c1cc(-c3cc4ccccc4oc3=O)c(=O)oc1-2. The highest BCUT2D eigenvalue weighted by atomic mass is 16.7. The second kappa shape index (κ2) is 8.04. The first-order valence-electron chi connectivity index (χ1n) is 10.2. The smallest absolute Gasteiger partial charge is 0.344 e. The molecule has 9 nitrogen and oxygen atoms in total. The summed E-state index contributed by atoms with van der Waals surface area (Å²) in [6.07, 6.45) is -1.27. The van der Waals surface area contributed by atoms with Gasteiger partial charge in [-0.15, -0.1) is 0 Å². The van der Waals surface area contributed by atoms with E-state index in [4.69, 9.17) is 23.0 Å². The predicted molar refractivity (Wildman–Crippen MR) is 118 cm³/mol. The molecule has 34 heavy (non-hydrogen) atoms. The molecule has 0 fully saturated rings. The summed E-state index contributed by atoms with van der Waals surface area (Å²) in [5.74, 6) is -0.699. The number of esters is 2. The highest BCUT2D eigenvalue weighted by Gasteiger charge is 2.33. The minimum atomic E-state index is -1.27. The molecular weight excluding hydrogens is 444 g/mol. The molecule has 0 amide bonds. The third-order valence-corrected chi connectivity index (χ3v) is 5.13. The van der Waals surface area contributed by atoms with E-state index in [9.17, 15) is 19.2 Å². The molecule has 1 aliphatic rings. The van der Waals surface area contributed by atoms with Crippen LogP contribution in [0.4, 0.5) is 0 Å². The number of fused-ring (bicyclic) bond motifs is 4. The molecule has 0 saturated carbocycles. The van der Waals surface area contributed by atoms with Crippen LogP contribution in [-0.4, -0.2) is 11.9 Å². The van der Waals surface area contributed by atoms with Crippen molar-refractivity contribution < 1.29 is 32.6 Å². The van der Waals surface area contributed by atoms with Gasteiger partial charge < -0.3 is 23.0 Å². The summed E-state index contributed by atoms with van der Waals surface area (Å²) < 4.78 is 27.1. The van der Waals surface area contributed by atoms with Crippen molar-refractivity contribution in [3.63, 3.8) is 0 Å². The Morgan fingerprint density at radius 3 is 2.32 bits per heavy atom. The number of carbonyl (C=O) groups excluding carboxylic acids is 2. The monoisotopic (exact) mass is 460 g/mol. The largest absolute Gasteiger partial charge is 0.449 e.